The Balaban J connectivity index is 2.16. The Morgan fingerprint density at radius 2 is 1.08 bits per heavy atom. The number of hydrogen-bond acceptors (Lipinski definition) is 1. The van der Waals surface area contributed by atoms with Crippen molar-refractivity contribution >= 4 is 23.9 Å². The van der Waals surface area contributed by atoms with E-state index in [2.05, 4.69) is 110 Å². The molecule has 0 aliphatic carbocycles. The van der Waals surface area contributed by atoms with E-state index >= 15 is 0 Å². The lowest BCUT2D eigenvalue weighted by Crippen LogP contribution is -2.69. The van der Waals surface area contributed by atoms with Crippen molar-refractivity contribution in [3.8, 4) is 0 Å². The highest BCUT2D eigenvalue weighted by Crippen LogP contribution is 2.10. The molecule has 0 aliphatic rings. The highest BCUT2D eigenvalue weighted by molar-refractivity contribution is 7.07. The molecular formula is C23H24OSi. The lowest BCUT2D eigenvalue weighted by molar-refractivity contribution is 0.331. The van der Waals surface area contributed by atoms with Gasteiger partial charge in [0.05, 0.1) is 0 Å². The number of allylic oxidation sites excluding steroid dienone is 1. The molecule has 0 spiro atoms. The van der Waals surface area contributed by atoms with E-state index in [1.807, 2.05) is 0 Å². The van der Waals surface area contributed by atoms with Crippen LogP contribution < -0.4 is 15.6 Å². The summed E-state index contributed by atoms with van der Waals surface area (Å²) in [6.07, 6.45) is 5.18. The van der Waals surface area contributed by atoms with Gasteiger partial charge in [-0.3, -0.25) is 0 Å². The minimum atomic E-state index is -2.51. The first-order chi connectivity index (χ1) is 12.4. The van der Waals surface area contributed by atoms with E-state index in [4.69, 9.17) is 4.43 Å². The van der Waals surface area contributed by atoms with Gasteiger partial charge >= 0.3 is 0 Å². The van der Waals surface area contributed by atoms with E-state index in [9.17, 15) is 0 Å². The summed E-state index contributed by atoms with van der Waals surface area (Å²) in [6, 6.07) is 32.1. The average molecular weight is 345 g/mol. The maximum atomic E-state index is 6.78. The molecule has 126 valence electrons. The Bertz CT molecular complexity index is 685. The minimum absolute atomic E-state index is 0.718. The Kier molecular flexibility index (Phi) is 5.99. The number of rotatable bonds is 7. The lowest BCUT2D eigenvalue weighted by Gasteiger charge is -2.33. The molecule has 0 aromatic heterocycles. The fourth-order valence-corrected chi connectivity index (χ4v) is 7.12. The zero-order valence-corrected chi connectivity index (χ0v) is 15.6. The van der Waals surface area contributed by atoms with Crippen LogP contribution in [0.25, 0.3) is 0 Å². The Morgan fingerprint density at radius 3 is 1.44 bits per heavy atom. The van der Waals surface area contributed by atoms with Crippen LogP contribution >= 0.6 is 0 Å². The van der Waals surface area contributed by atoms with Gasteiger partial charge in [0.2, 0.25) is 0 Å². The highest BCUT2D eigenvalue weighted by Gasteiger charge is 2.41. The van der Waals surface area contributed by atoms with Crippen LogP contribution in [0.15, 0.2) is 103 Å². The van der Waals surface area contributed by atoms with Crippen LogP contribution in [0, 0.1) is 0 Å². The monoisotopic (exact) mass is 344 g/mol. The Morgan fingerprint density at radius 1 is 0.680 bits per heavy atom. The summed E-state index contributed by atoms with van der Waals surface area (Å²) in [5.41, 5.74) is 0. The van der Waals surface area contributed by atoms with E-state index in [0.717, 1.165) is 13.0 Å². The molecule has 0 atom stereocenters. The molecular weight excluding hydrogens is 320 g/mol. The van der Waals surface area contributed by atoms with E-state index in [-0.39, 0.29) is 0 Å². The molecule has 1 nitrogen and oxygen atoms in total. The molecule has 0 heterocycles. The van der Waals surface area contributed by atoms with Gasteiger partial charge in [-0.05, 0) is 28.9 Å². The molecule has 0 radical (unpaired) electrons. The third-order valence-corrected chi connectivity index (χ3v) is 8.46. The van der Waals surface area contributed by atoms with Gasteiger partial charge in [-0.2, -0.15) is 0 Å². The van der Waals surface area contributed by atoms with Crippen molar-refractivity contribution in [2.75, 3.05) is 6.61 Å². The van der Waals surface area contributed by atoms with Crippen molar-refractivity contribution in [3.05, 3.63) is 103 Å². The average Bonchev–Trinajstić information content (AvgIpc) is 2.70. The van der Waals surface area contributed by atoms with Crippen LogP contribution in [0.1, 0.15) is 13.3 Å². The van der Waals surface area contributed by atoms with E-state index in [1.165, 1.54) is 15.6 Å². The second kappa shape index (κ2) is 8.61. The quantitative estimate of drug-likeness (QED) is 0.275. The molecule has 0 unspecified atom stereocenters. The van der Waals surface area contributed by atoms with Crippen LogP contribution in [-0.2, 0) is 4.43 Å². The molecule has 0 fully saturated rings. The number of benzene rings is 3. The fourth-order valence-electron chi connectivity index (χ4n) is 3.22. The molecule has 2 heteroatoms. The van der Waals surface area contributed by atoms with Crippen molar-refractivity contribution in [2.24, 2.45) is 0 Å². The predicted octanol–water partition coefficient (Wildman–Crippen LogP) is 3.64. The fraction of sp³-hybridized carbons (Fsp3) is 0.130. The van der Waals surface area contributed by atoms with E-state index in [1.54, 1.807) is 0 Å². The van der Waals surface area contributed by atoms with Gasteiger partial charge < -0.3 is 4.43 Å². The molecule has 3 rings (SSSR count). The molecule has 3 aromatic rings. The maximum Gasteiger partial charge on any atom is 0.288 e. The van der Waals surface area contributed by atoms with Crippen LogP contribution in [0.2, 0.25) is 0 Å². The zero-order chi connectivity index (χ0) is 17.4. The predicted molar refractivity (Wildman–Crippen MR) is 109 cm³/mol. The van der Waals surface area contributed by atoms with Gasteiger partial charge in [0.15, 0.2) is 0 Å². The molecule has 0 aliphatic heterocycles. The van der Waals surface area contributed by atoms with Crippen LogP contribution in [0.5, 0.6) is 0 Å². The summed E-state index contributed by atoms with van der Waals surface area (Å²) in [5, 5.41) is 3.86. The standard InChI is InChI=1S/C23H24OSi/c1-2-3-13-20-24-25(21-14-7-4-8-15-21,22-16-9-5-10-17-22)23-18-11-6-12-19-23/h2-12,14-19H,13,20H2,1H3/b3-2+. The molecule has 0 N–H and O–H groups in total. The summed E-state index contributed by atoms with van der Waals surface area (Å²) in [6.45, 7) is 2.77. The van der Waals surface area contributed by atoms with E-state index < -0.39 is 8.32 Å². The topological polar surface area (TPSA) is 9.23 Å². The van der Waals surface area contributed by atoms with E-state index in [0.29, 0.717) is 0 Å². The van der Waals surface area contributed by atoms with Gasteiger partial charge in [-0.25, -0.2) is 0 Å². The summed E-state index contributed by atoms with van der Waals surface area (Å²) < 4.78 is 6.78. The molecule has 3 aromatic carbocycles. The van der Waals surface area contributed by atoms with Gasteiger partial charge in [0, 0.05) is 6.61 Å². The zero-order valence-electron chi connectivity index (χ0n) is 14.6. The lowest BCUT2D eigenvalue weighted by atomic mass is 10.3. The van der Waals surface area contributed by atoms with Crippen molar-refractivity contribution in [1.82, 2.24) is 0 Å². The molecule has 0 saturated heterocycles. The Labute approximate surface area is 151 Å². The van der Waals surface area contributed by atoms with Crippen molar-refractivity contribution in [3.63, 3.8) is 0 Å². The summed E-state index contributed by atoms with van der Waals surface area (Å²) >= 11 is 0. The van der Waals surface area contributed by atoms with Crippen LogP contribution in [0.3, 0.4) is 0 Å². The normalized spacial score (nSPS) is 11.7. The van der Waals surface area contributed by atoms with Crippen LogP contribution in [-0.4, -0.2) is 14.9 Å². The second-order valence-corrected chi connectivity index (χ2v) is 9.37. The first kappa shape index (κ1) is 17.4. The second-order valence-electron chi connectivity index (χ2n) is 5.99. The smallest absolute Gasteiger partial charge is 0.288 e. The SMILES string of the molecule is C/C=C/CCO[Si](c1ccccc1)(c1ccccc1)c1ccccc1. The van der Waals surface area contributed by atoms with Gasteiger partial charge in [-0.1, -0.05) is 103 Å². The van der Waals surface area contributed by atoms with Gasteiger partial charge in [0.25, 0.3) is 8.32 Å². The van der Waals surface area contributed by atoms with Crippen molar-refractivity contribution < 1.29 is 4.43 Å². The van der Waals surface area contributed by atoms with Gasteiger partial charge in [-0.15, -0.1) is 0 Å². The highest BCUT2D eigenvalue weighted by atomic mass is 28.4. The summed E-state index contributed by atoms with van der Waals surface area (Å²) in [4.78, 5) is 0. The minimum Gasteiger partial charge on any atom is -0.404 e. The third kappa shape index (κ3) is 3.81. The number of hydrogen-bond donors (Lipinski definition) is 0. The molecule has 0 bridgehead atoms. The molecule has 25 heavy (non-hydrogen) atoms. The molecule has 0 amide bonds. The summed E-state index contributed by atoms with van der Waals surface area (Å²) in [7, 11) is -2.51. The first-order valence-electron chi connectivity index (χ1n) is 8.79. The third-order valence-electron chi connectivity index (χ3n) is 4.38. The largest absolute Gasteiger partial charge is 0.404 e. The van der Waals surface area contributed by atoms with Gasteiger partial charge in [0.1, 0.15) is 0 Å². The van der Waals surface area contributed by atoms with Crippen molar-refractivity contribution in [1.29, 1.82) is 0 Å². The first-order valence-corrected chi connectivity index (χ1v) is 10.7. The van der Waals surface area contributed by atoms with Crippen LogP contribution in [0.4, 0.5) is 0 Å². The van der Waals surface area contributed by atoms with Crippen molar-refractivity contribution in [2.45, 2.75) is 13.3 Å². The summed E-state index contributed by atoms with van der Waals surface area (Å²) in [5.74, 6) is 0. The Hall–Kier alpha value is -2.42. The maximum absolute atomic E-state index is 6.78. The molecule has 0 saturated carbocycles.